The maximum Gasteiger partial charge on any atom is 0.233 e. The molecule has 2 aliphatic rings. The van der Waals surface area contributed by atoms with Gasteiger partial charge in [0.1, 0.15) is 12.0 Å². The number of benzene rings is 1. The minimum atomic E-state index is -0.293. The number of hydrogen-bond donors (Lipinski definition) is 1. The lowest BCUT2D eigenvalue weighted by Crippen LogP contribution is -2.38. The van der Waals surface area contributed by atoms with Crippen molar-refractivity contribution in [1.82, 2.24) is 9.80 Å². The van der Waals surface area contributed by atoms with E-state index in [2.05, 4.69) is 46.1 Å². The number of carbonyl (C=O) groups is 2. The lowest BCUT2D eigenvalue weighted by molar-refractivity contribution is -0.139. The van der Waals surface area contributed by atoms with Crippen LogP contribution in [0, 0.1) is 16.7 Å². The number of phenolic OH excluding ortho intramolecular Hbond substituents is 1. The van der Waals surface area contributed by atoms with Gasteiger partial charge in [0.15, 0.2) is 0 Å². The van der Waals surface area contributed by atoms with Crippen LogP contribution in [0.15, 0.2) is 36.4 Å². The summed E-state index contributed by atoms with van der Waals surface area (Å²) in [5, 5.41) is 9.53. The minimum absolute atomic E-state index is 0. The Kier molecular flexibility index (Phi) is 10.7. The highest BCUT2D eigenvalue weighted by atomic mass is 16.5. The third-order valence-corrected chi connectivity index (χ3v) is 6.38. The maximum atomic E-state index is 13.0. The summed E-state index contributed by atoms with van der Waals surface area (Å²) >= 11 is 0. The normalized spacial score (nSPS) is 21.1. The molecule has 198 valence electrons. The number of aromatic hydroxyl groups is 1. The van der Waals surface area contributed by atoms with Crippen LogP contribution in [0.2, 0.25) is 0 Å². The van der Waals surface area contributed by atoms with E-state index in [0.717, 1.165) is 30.5 Å². The molecule has 1 N–H and O–H groups in total. The fraction of sp³-hybridized carbons (Fsp3) is 0.655. The first-order chi connectivity index (χ1) is 15.3. The highest BCUT2D eigenvalue weighted by Gasteiger charge is 2.39. The number of rotatable bonds is 9. The predicted molar refractivity (Wildman–Crippen MR) is 143 cm³/mol. The van der Waals surface area contributed by atoms with Crippen LogP contribution in [0.25, 0.3) is 0 Å². The quantitative estimate of drug-likeness (QED) is 0.332. The summed E-state index contributed by atoms with van der Waals surface area (Å²) in [6.45, 7) is 17.8. The van der Waals surface area contributed by atoms with Gasteiger partial charge < -0.3 is 9.84 Å². The van der Waals surface area contributed by atoms with Crippen LogP contribution in [-0.2, 0) is 14.3 Å². The van der Waals surface area contributed by atoms with Crippen molar-refractivity contribution >= 4 is 11.8 Å². The molecule has 0 aromatic heterocycles. The molecule has 2 unspecified atom stereocenters. The highest BCUT2D eigenvalue weighted by Crippen LogP contribution is 2.39. The largest absolute Gasteiger partial charge is 0.508 e. The third-order valence-electron chi connectivity index (χ3n) is 6.38. The van der Waals surface area contributed by atoms with Crippen molar-refractivity contribution in [2.24, 2.45) is 16.7 Å². The molecule has 2 heterocycles. The van der Waals surface area contributed by atoms with Gasteiger partial charge in [0.05, 0.1) is 12.5 Å². The standard InChI is InChI=1S/C27H40N2O4.2CH4/c1-19(17-27(5,6)18-26(2,3)4)15-21-16-23(31)29(24(21)32)12-11-28-13-14-33-25(28)20-7-9-22(30)10-8-20;;/h7-10,21,25,30H,1,11-18H2,2-6H3;2*1H4. The average Bonchev–Trinajstić information content (AvgIpc) is 3.23. The molecule has 2 atom stereocenters. The molecule has 2 aliphatic heterocycles. The molecule has 1 aromatic rings. The zero-order valence-electron chi connectivity index (χ0n) is 20.9. The van der Waals surface area contributed by atoms with Crippen molar-refractivity contribution in [3.05, 3.63) is 42.0 Å². The summed E-state index contributed by atoms with van der Waals surface area (Å²) in [5.41, 5.74) is 2.35. The zero-order valence-corrected chi connectivity index (χ0v) is 20.9. The first-order valence-corrected chi connectivity index (χ1v) is 12.0. The Balaban J connectivity index is 0.00000306. The van der Waals surface area contributed by atoms with E-state index >= 15 is 0 Å². The topological polar surface area (TPSA) is 70.1 Å². The summed E-state index contributed by atoms with van der Waals surface area (Å²) in [7, 11) is 0. The lowest BCUT2D eigenvalue weighted by Gasteiger charge is -2.33. The maximum absolute atomic E-state index is 13.0. The van der Waals surface area contributed by atoms with E-state index in [0.29, 0.717) is 26.1 Å². The minimum Gasteiger partial charge on any atom is -0.508 e. The van der Waals surface area contributed by atoms with Gasteiger partial charge in [-0.15, -0.1) is 0 Å². The Morgan fingerprint density at radius 1 is 1.09 bits per heavy atom. The molecule has 0 aliphatic carbocycles. The predicted octanol–water partition coefficient (Wildman–Crippen LogP) is 6.17. The van der Waals surface area contributed by atoms with Crippen molar-refractivity contribution in [2.75, 3.05) is 26.2 Å². The molecule has 35 heavy (non-hydrogen) atoms. The molecule has 2 amide bonds. The molecule has 0 saturated carbocycles. The summed E-state index contributed by atoms with van der Waals surface area (Å²) < 4.78 is 5.86. The van der Waals surface area contributed by atoms with Gasteiger partial charge in [-0.1, -0.05) is 73.8 Å². The van der Waals surface area contributed by atoms with Gasteiger partial charge in [-0.2, -0.15) is 0 Å². The summed E-state index contributed by atoms with van der Waals surface area (Å²) in [6.07, 6.45) is 2.57. The van der Waals surface area contributed by atoms with E-state index in [9.17, 15) is 14.7 Å². The molecule has 0 radical (unpaired) electrons. The van der Waals surface area contributed by atoms with E-state index in [4.69, 9.17) is 4.74 Å². The molecule has 6 nitrogen and oxygen atoms in total. The van der Waals surface area contributed by atoms with Gasteiger partial charge in [0.25, 0.3) is 0 Å². The monoisotopic (exact) mass is 488 g/mol. The van der Waals surface area contributed by atoms with Gasteiger partial charge in [-0.25, -0.2) is 0 Å². The van der Waals surface area contributed by atoms with Crippen molar-refractivity contribution in [3.63, 3.8) is 0 Å². The first kappa shape index (κ1) is 30.9. The zero-order chi connectivity index (χ0) is 24.4. The van der Waals surface area contributed by atoms with Crippen LogP contribution in [0.4, 0.5) is 0 Å². The Morgan fingerprint density at radius 2 is 1.71 bits per heavy atom. The van der Waals surface area contributed by atoms with Gasteiger partial charge >= 0.3 is 0 Å². The van der Waals surface area contributed by atoms with Crippen LogP contribution in [0.5, 0.6) is 5.75 Å². The summed E-state index contributed by atoms with van der Waals surface area (Å²) in [5.74, 6) is -0.242. The second kappa shape index (κ2) is 12.2. The van der Waals surface area contributed by atoms with Crippen molar-refractivity contribution < 1.29 is 19.4 Å². The Bertz CT molecular complexity index is 870. The van der Waals surface area contributed by atoms with Crippen LogP contribution in [0.3, 0.4) is 0 Å². The van der Waals surface area contributed by atoms with Crippen molar-refractivity contribution in [1.29, 1.82) is 0 Å². The number of nitrogens with zero attached hydrogens (tertiary/aromatic N) is 2. The number of allylic oxidation sites excluding steroid dienone is 1. The Labute approximate surface area is 213 Å². The van der Waals surface area contributed by atoms with Gasteiger partial charge in [0.2, 0.25) is 11.8 Å². The fourth-order valence-corrected chi connectivity index (χ4v) is 5.65. The second-order valence-corrected chi connectivity index (χ2v) is 11.7. The second-order valence-electron chi connectivity index (χ2n) is 11.7. The molecule has 3 rings (SSSR count). The number of phenols is 1. The van der Waals surface area contributed by atoms with Gasteiger partial charge in [-0.05, 0) is 47.8 Å². The summed E-state index contributed by atoms with van der Waals surface area (Å²) in [6, 6.07) is 6.96. The fourth-order valence-electron chi connectivity index (χ4n) is 5.65. The van der Waals surface area contributed by atoms with Crippen LogP contribution in [-0.4, -0.2) is 53.0 Å². The van der Waals surface area contributed by atoms with Crippen LogP contribution < -0.4 is 0 Å². The number of carbonyl (C=O) groups excluding carboxylic acids is 2. The number of ether oxygens (including phenoxy) is 1. The molecule has 6 heteroatoms. The molecular weight excluding hydrogens is 440 g/mol. The van der Waals surface area contributed by atoms with Crippen molar-refractivity contribution in [2.45, 2.75) is 81.4 Å². The number of hydrogen-bond acceptors (Lipinski definition) is 5. The van der Waals surface area contributed by atoms with Crippen LogP contribution >= 0.6 is 0 Å². The first-order valence-electron chi connectivity index (χ1n) is 12.0. The molecule has 2 saturated heterocycles. The molecule has 1 aromatic carbocycles. The van der Waals surface area contributed by atoms with E-state index < -0.39 is 0 Å². The van der Waals surface area contributed by atoms with Gasteiger partial charge in [-0.3, -0.25) is 19.4 Å². The number of imide groups is 1. The number of likely N-dealkylation sites (tertiary alicyclic amines) is 1. The molecule has 2 fully saturated rings. The highest BCUT2D eigenvalue weighted by molar-refractivity contribution is 6.03. The van der Waals surface area contributed by atoms with E-state index in [1.165, 1.54) is 4.90 Å². The summed E-state index contributed by atoms with van der Waals surface area (Å²) in [4.78, 5) is 29.2. The Hall–Kier alpha value is -2.18. The SMILES string of the molecule is C.C.C=C(CC1CC(=O)N(CCN2CCOC2c2ccc(O)cc2)C1=O)CC(C)(C)CC(C)(C)C. The van der Waals surface area contributed by atoms with Crippen LogP contribution in [0.1, 0.15) is 86.9 Å². The average molecular weight is 489 g/mol. The Morgan fingerprint density at radius 3 is 2.31 bits per heavy atom. The third kappa shape index (κ3) is 8.46. The van der Waals surface area contributed by atoms with E-state index in [1.54, 1.807) is 12.1 Å². The molecule has 0 spiro atoms. The van der Waals surface area contributed by atoms with Gasteiger partial charge in [0, 0.05) is 26.1 Å². The molecular formula is C29H48N2O4. The smallest absolute Gasteiger partial charge is 0.233 e. The molecule has 0 bridgehead atoms. The van der Waals surface area contributed by atoms with E-state index in [-0.39, 0.29) is 61.8 Å². The van der Waals surface area contributed by atoms with Crippen molar-refractivity contribution in [3.8, 4) is 5.75 Å². The number of amides is 2. The van der Waals surface area contributed by atoms with E-state index in [1.807, 2.05) is 12.1 Å². The lowest BCUT2D eigenvalue weighted by atomic mass is 9.72.